The van der Waals surface area contributed by atoms with Crippen LogP contribution in [0.3, 0.4) is 0 Å². The molecule has 0 aliphatic rings. The molecule has 0 aromatic carbocycles. The van der Waals surface area contributed by atoms with E-state index in [-0.39, 0.29) is 17.9 Å². The molecule has 4 heteroatoms. The van der Waals surface area contributed by atoms with Crippen LogP contribution in [-0.2, 0) is 4.79 Å². The molecule has 84 valence electrons. The lowest BCUT2D eigenvalue weighted by Crippen LogP contribution is -2.42. The first-order chi connectivity index (χ1) is 6.54. The number of carbonyl (C=O) groups is 1. The smallest absolute Gasteiger partial charge is 0.226 e. The quantitative estimate of drug-likeness (QED) is 0.514. The predicted molar refractivity (Wildman–Crippen MR) is 57.0 cm³/mol. The van der Waals surface area contributed by atoms with Gasteiger partial charge in [-0.15, -0.1) is 0 Å². The third kappa shape index (κ3) is 5.19. The average Bonchev–Trinajstić information content (AvgIpc) is 2.16. The summed E-state index contributed by atoms with van der Waals surface area (Å²) in [5.74, 6) is 0.0483. The van der Waals surface area contributed by atoms with Crippen LogP contribution in [0.1, 0.15) is 26.7 Å². The van der Waals surface area contributed by atoms with Crippen molar-refractivity contribution in [1.29, 1.82) is 0 Å². The van der Waals surface area contributed by atoms with Crippen LogP contribution in [0, 0.1) is 5.41 Å². The number of aliphatic hydroxyl groups is 1. The van der Waals surface area contributed by atoms with E-state index in [1.165, 1.54) is 0 Å². The number of amides is 1. The molecule has 0 aliphatic heterocycles. The van der Waals surface area contributed by atoms with Crippen molar-refractivity contribution < 1.29 is 9.90 Å². The van der Waals surface area contributed by atoms with Gasteiger partial charge in [0, 0.05) is 20.2 Å². The fourth-order valence-electron chi connectivity index (χ4n) is 1.18. The van der Waals surface area contributed by atoms with Crippen molar-refractivity contribution in [2.45, 2.75) is 26.7 Å². The fraction of sp³-hybridized carbons (Fsp3) is 0.900. The molecule has 0 aromatic rings. The summed E-state index contributed by atoms with van der Waals surface area (Å²) >= 11 is 0. The number of carbonyl (C=O) groups excluding carboxylic acids is 1. The third-order valence-electron chi connectivity index (χ3n) is 2.17. The molecule has 14 heavy (non-hydrogen) atoms. The Labute approximate surface area is 86.1 Å². The highest BCUT2D eigenvalue weighted by molar-refractivity contribution is 5.81. The number of hydrogen-bond acceptors (Lipinski definition) is 3. The molecule has 0 saturated carbocycles. The van der Waals surface area contributed by atoms with Crippen molar-refractivity contribution in [3.63, 3.8) is 0 Å². The summed E-state index contributed by atoms with van der Waals surface area (Å²) in [6, 6.07) is 0. The maximum Gasteiger partial charge on any atom is 0.226 e. The second-order valence-electron chi connectivity index (χ2n) is 4.07. The van der Waals surface area contributed by atoms with E-state index in [0.717, 1.165) is 19.4 Å². The van der Waals surface area contributed by atoms with E-state index in [2.05, 4.69) is 10.6 Å². The van der Waals surface area contributed by atoms with Crippen LogP contribution in [0.15, 0.2) is 0 Å². The summed E-state index contributed by atoms with van der Waals surface area (Å²) < 4.78 is 0. The van der Waals surface area contributed by atoms with Gasteiger partial charge in [-0.25, -0.2) is 0 Å². The number of rotatable bonds is 7. The van der Waals surface area contributed by atoms with Crippen molar-refractivity contribution in [2.24, 2.45) is 5.41 Å². The molecule has 0 aromatic heterocycles. The van der Waals surface area contributed by atoms with Gasteiger partial charge in [0.05, 0.1) is 5.41 Å². The van der Waals surface area contributed by atoms with Gasteiger partial charge in [0.2, 0.25) is 5.91 Å². The minimum absolute atomic E-state index is 0.0483. The Bertz CT molecular complexity index is 170. The van der Waals surface area contributed by atoms with E-state index in [1.54, 1.807) is 7.05 Å². The van der Waals surface area contributed by atoms with Crippen LogP contribution in [0.25, 0.3) is 0 Å². The van der Waals surface area contributed by atoms with Gasteiger partial charge in [0.15, 0.2) is 0 Å². The van der Waals surface area contributed by atoms with Crippen molar-refractivity contribution in [1.82, 2.24) is 10.6 Å². The van der Waals surface area contributed by atoms with E-state index in [4.69, 9.17) is 5.11 Å². The molecule has 0 unspecified atom stereocenters. The topological polar surface area (TPSA) is 61.4 Å². The highest BCUT2D eigenvalue weighted by atomic mass is 16.2. The Morgan fingerprint density at radius 3 is 2.50 bits per heavy atom. The molecule has 0 spiro atoms. The Balaban J connectivity index is 3.60. The molecular formula is C10H22N2O2. The second kappa shape index (κ2) is 6.79. The average molecular weight is 202 g/mol. The van der Waals surface area contributed by atoms with Crippen LogP contribution in [0.5, 0.6) is 0 Å². The van der Waals surface area contributed by atoms with E-state index in [9.17, 15) is 4.79 Å². The predicted octanol–water partition coefficient (Wildman–Crippen LogP) is 0.121. The number of nitrogens with one attached hydrogen (secondary N) is 2. The van der Waals surface area contributed by atoms with Crippen molar-refractivity contribution >= 4 is 5.91 Å². The maximum absolute atomic E-state index is 11.4. The highest BCUT2D eigenvalue weighted by Crippen LogP contribution is 2.12. The molecule has 0 saturated heterocycles. The summed E-state index contributed by atoms with van der Waals surface area (Å²) in [6.45, 7) is 5.56. The van der Waals surface area contributed by atoms with Gasteiger partial charge in [-0.2, -0.15) is 0 Å². The molecule has 0 rings (SSSR count). The second-order valence-corrected chi connectivity index (χ2v) is 4.07. The number of unbranched alkanes of at least 4 members (excludes halogenated alkanes) is 1. The minimum Gasteiger partial charge on any atom is -0.396 e. The van der Waals surface area contributed by atoms with Gasteiger partial charge in [0.25, 0.3) is 0 Å². The zero-order valence-electron chi connectivity index (χ0n) is 9.39. The van der Waals surface area contributed by atoms with Crippen molar-refractivity contribution in [3.8, 4) is 0 Å². The van der Waals surface area contributed by atoms with Crippen LogP contribution in [0.2, 0.25) is 0 Å². The van der Waals surface area contributed by atoms with Crippen molar-refractivity contribution in [2.75, 3.05) is 26.7 Å². The van der Waals surface area contributed by atoms with Gasteiger partial charge in [-0.05, 0) is 33.2 Å². The Morgan fingerprint density at radius 2 is 2.00 bits per heavy atom. The first kappa shape index (κ1) is 13.4. The molecule has 0 fully saturated rings. The van der Waals surface area contributed by atoms with Crippen LogP contribution in [0.4, 0.5) is 0 Å². The van der Waals surface area contributed by atoms with Gasteiger partial charge in [-0.1, -0.05) is 0 Å². The van der Waals surface area contributed by atoms with E-state index < -0.39 is 0 Å². The molecule has 0 atom stereocenters. The SMILES string of the molecule is CNC(=O)C(C)(C)CNCCCCO. The monoisotopic (exact) mass is 202 g/mol. The minimum atomic E-state index is -0.367. The standard InChI is InChI=1S/C10H22N2O2/c1-10(2,9(14)11-3)8-12-6-4-5-7-13/h12-13H,4-8H2,1-3H3,(H,11,14). The zero-order valence-corrected chi connectivity index (χ0v) is 9.39. The van der Waals surface area contributed by atoms with Crippen molar-refractivity contribution in [3.05, 3.63) is 0 Å². The first-order valence-electron chi connectivity index (χ1n) is 5.08. The van der Waals surface area contributed by atoms with Crippen LogP contribution >= 0.6 is 0 Å². The largest absolute Gasteiger partial charge is 0.396 e. The van der Waals surface area contributed by atoms with Gasteiger partial charge >= 0.3 is 0 Å². The van der Waals surface area contributed by atoms with Crippen LogP contribution < -0.4 is 10.6 Å². The maximum atomic E-state index is 11.4. The molecule has 3 N–H and O–H groups in total. The van der Waals surface area contributed by atoms with Crippen LogP contribution in [-0.4, -0.2) is 37.8 Å². The Hall–Kier alpha value is -0.610. The fourth-order valence-corrected chi connectivity index (χ4v) is 1.18. The lowest BCUT2D eigenvalue weighted by atomic mass is 9.92. The summed E-state index contributed by atoms with van der Waals surface area (Å²) in [7, 11) is 1.65. The zero-order chi connectivity index (χ0) is 11.0. The lowest BCUT2D eigenvalue weighted by molar-refractivity contribution is -0.128. The summed E-state index contributed by atoms with van der Waals surface area (Å²) in [5.41, 5.74) is -0.367. The molecule has 4 nitrogen and oxygen atoms in total. The molecular weight excluding hydrogens is 180 g/mol. The van der Waals surface area contributed by atoms with Gasteiger partial charge in [0.1, 0.15) is 0 Å². The lowest BCUT2D eigenvalue weighted by Gasteiger charge is -2.22. The summed E-state index contributed by atoms with van der Waals surface area (Å²) in [6.07, 6.45) is 1.76. The molecule has 0 radical (unpaired) electrons. The Morgan fingerprint density at radius 1 is 1.36 bits per heavy atom. The number of hydrogen-bond donors (Lipinski definition) is 3. The van der Waals surface area contributed by atoms with Gasteiger partial charge in [-0.3, -0.25) is 4.79 Å². The normalized spacial score (nSPS) is 11.4. The first-order valence-corrected chi connectivity index (χ1v) is 5.08. The molecule has 1 amide bonds. The van der Waals surface area contributed by atoms with Gasteiger partial charge < -0.3 is 15.7 Å². The molecule has 0 bridgehead atoms. The van der Waals surface area contributed by atoms with E-state index >= 15 is 0 Å². The number of aliphatic hydroxyl groups excluding tert-OH is 1. The Kier molecular flexibility index (Phi) is 6.49. The van der Waals surface area contributed by atoms with E-state index in [0.29, 0.717) is 6.54 Å². The molecule has 0 aliphatic carbocycles. The van der Waals surface area contributed by atoms with E-state index in [1.807, 2.05) is 13.8 Å². The summed E-state index contributed by atoms with van der Waals surface area (Å²) in [5, 5.41) is 14.4. The third-order valence-corrected chi connectivity index (χ3v) is 2.17. The summed E-state index contributed by atoms with van der Waals surface area (Å²) in [4.78, 5) is 11.4. The molecule has 0 heterocycles. The highest BCUT2D eigenvalue weighted by Gasteiger charge is 2.25.